The highest BCUT2D eigenvalue weighted by Crippen LogP contribution is 2.27. The van der Waals surface area contributed by atoms with Gasteiger partial charge in [0.25, 0.3) is 0 Å². The summed E-state index contributed by atoms with van der Waals surface area (Å²) in [5.74, 6) is 1.43. The van der Waals surface area contributed by atoms with Crippen LogP contribution < -0.4 is 16.0 Å². The molecule has 0 bridgehead atoms. The van der Waals surface area contributed by atoms with Gasteiger partial charge in [0.1, 0.15) is 5.60 Å². The molecule has 0 unspecified atom stereocenters. The van der Waals surface area contributed by atoms with Crippen LogP contribution >= 0.6 is 0 Å². The number of fused-ring (bicyclic) bond motifs is 1. The summed E-state index contributed by atoms with van der Waals surface area (Å²) in [6, 6.07) is 10.5. The van der Waals surface area contributed by atoms with E-state index in [-0.39, 0.29) is 12.1 Å². The number of benzene rings is 1. The topological polar surface area (TPSA) is 123 Å². The Morgan fingerprint density at radius 1 is 1.17 bits per heavy atom. The zero-order valence-corrected chi connectivity index (χ0v) is 21.4. The first-order valence-electron chi connectivity index (χ1n) is 12.6. The third-order valence-electron chi connectivity index (χ3n) is 6.64. The van der Waals surface area contributed by atoms with E-state index in [0.29, 0.717) is 18.2 Å². The largest absolute Gasteiger partial charge is 0.384 e. The molecule has 4 heterocycles. The lowest BCUT2D eigenvalue weighted by atomic mass is 10.1. The van der Waals surface area contributed by atoms with Crippen molar-refractivity contribution in [1.29, 1.82) is 0 Å². The van der Waals surface area contributed by atoms with Crippen molar-refractivity contribution in [1.82, 2.24) is 29.3 Å². The molecule has 0 radical (unpaired) electrons. The fourth-order valence-electron chi connectivity index (χ4n) is 4.44. The molecule has 1 saturated heterocycles. The molecule has 4 aromatic rings. The average molecular weight is 490 g/mol. The molecule has 1 aliphatic rings. The van der Waals surface area contributed by atoms with Crippen molar-refractivity contribution < 1.29 is 5.11 Å². The Bertz CT molecular complexity index is 1340. The summed E-state index contributed by atoms with van der Waals surface area (Å²) < 4.78 is 3.86. The molecule has 1 aromatic carbocycles. The summed E-state index contributed by atoms with van der Waals surface area (Å²) in [6.07, 6.45) is 5.57. The van der Waals surface area contributed by atoms with Gasteiger partial charge in [-0.3, -0.25) is 0 Å². The molecule has 4 N–H and O–H groups in total. The van der Waals surface area contributed by atoms with Crippen molar-refractivity contribution in [2.45, 2.75) is 64.8 Å². The van der Waals surface area contributed by atoms with Gasteiger partial charge >= 0.3 is 0 Å². The van der Waals surface area contributed by atoms with Crippen LogP contribution in [0, 0.1) is 0 Å². The number of nitrogens with zero attached hydrogens (tertiary/aromatic N) is 7. The molecular formula is C26H35N9O. The van der Waals surface area contributed by atoms with E-state index in [1.165, 1.54) is 0 Å². The number of hydrogen-bond acceptors (Lipinski definition) is 8. The third-order valence-corrected chi connectivity index (χ3v) is 6.64. The number of piperidine rings is 1. The monoisotopic (exact) mass is 489 g/mol. The summed E-state index contributed by atoms with van der Waals surface area (Å²) >= 11 is 0. The lowest BCUT2D eigenvalue weighted by Gasteiger charge is -2.30. The summed E-state index contributed by atoms with van der Waals surface area (Å²) in [5, 5.41) is 18.3. The zero-order valence-electron chi connectivity index (χ0n) is 21.4. The molecule has 0 spiro atoms. The maximum Gasteiger partial charge on any atom is 0.229 e. The van der Waals surface area contributed by atoms with Crippen LogP contribution in [-0.2, 0) is 12.1 Å². The lowest BCUT2D eigenvalue weighted by molar-refractivity contribution is 0.0734. The van der Waals surface area contributed by atoms with Crippen LogP contribution in [0.4, 0.5) is 11.8 Å². The van der Waals surface area contributed by atoms with Crippen molar-refractivity contribution in [2.75, 3.05) is 23.3 Å². The number of anilines is 2. The first-order chi connectivity index (χ1) is 17.2. The molecule has 1 fully saturated rings. The number of aromatic nitrogens is 6. The fourth-order valence-corrected chi connectivity index (χ4v) is 4.44. The van der Waals surface area contributed by atoms with Crippen LogP contribution in [-0.4, -0.2) is 53.5 Å². The van der Waals surface area contributed by atoms with Gasteiger partial charge in [0.2, 0.25) is 5.95 Å². The summed E-state index contributed by atoms with van der Waals surface area (Å²) in [7, 11) is 0. The van der Waals surface area contributed by atoms with Crippen molar-refractivity contribution in [3.8, 4) is 5.69 Å². The predicted octanol–water partition coefficient (Wildman–Crippen LogP) is 3.36. The van der Waals surface area contributed by atoms with Crippen molar-refractivity contribution in [3.63, 3.8) is 0 Å². The molecule has 5 rings (SSSR count). The van der Waals surface area contributed by atoms with Gasteiger partial charge in [-0.2, -0.15) is 15.1 Å². The minimum atomic E-state index is -0.987. The second-order valence-corrected chi connectivity index (χ2v) is 10.3. The van der Waals surface area contributed by atoms with E-state index in [9.17, 15) is 5.11 Å². The van der Waals surface area contributed by atoms with E-state index in [2.05, 4.69) is 50.8 Å². The van der Waals surface area contributed by atoms with Crippen LogP contribution in [0.15, 0.2) is 42.9 Å². The van der Waals surface area contributed by atoms with Crippen molar-refractivity contribution >= 4 is 22.9 Å². The van der Waals surface area contributed by atoms with E-state index >= 15 is 0 Å². The van der Waals surface area contributed by atoms with Gasteiger partial charge in [-0.15, -0.1) is 0 Å². The molecular weight excluding hydrogens is 454 g/mol. The number of aliphatic hydroxyl groups is 1. The number of imidazole rings is 1. The molecule has 190 valence electrons. The number of nitrogens with two attached hydrogens (primary N) is 1. The Morgan fingerprint density at radius 2 is 1.94 bits per heavy atom. The van der Waals surface area contributed by atoms with E-state index < -0.39 is 5.60 Å². The summed E-state index contributed by atoms with van der Waals surface area (Å²) in [6.45, 7) is 9.98. The first kappa shape index (κ1) is 24.2. The van der Waals surface area contributed by atoms with Crippen LogP contribution in [0.5, 0.6) is 0 Å². The molecule has 0 amide bonds. The van der Waals surface area contributed by atoms with Gasteiger partial charge in [-0.1, -0.05) is 12.1 Å². The predicted molar refractivity (Wildman–Crippen MR) is 141 cm³/mol. The van der Waals surface area contributed by atoms with E-state index in [1.807, 2.05) is 30.7 Å². The minimum absolute atomic E-state index is 0.236. The number of nitrogens with one attached hydrogen (secondary N) is 1. The Balaban J connectivity index is 1.42. The van der Waals surface area contributed by atoms with Gasteiger partial charge in [0.05, 0.1) is 17.7 Å². The molecule has 0 aliphatic carbocycles. The SMILES string of the molecule is CC(C)n1cnc2c(NCc3cccc(-n4ccc(C(C)(C)O)n4)c3)nc(N3CCC(N)CC3)nc21. The standard InChI is InChI=1S/C26H35N9O/c1-17(2)34-16-29-22-23(30-25(31-24(22)34)33-11-8-19(27)9-12-33)28-15-18-6-5-7-20(14-18)35-13-10-21(32-35)26(3,4)36/h5-7,10,13-14,16-17,19,36H,8-9,11-12,15,27H2,1-4H3,(H,28,30,31). The average Bonchev–Trinajstić information content (AvgIpc) is 3.51. The van der Waals surface area contributed by atoms with Crippen LogP contribution in [0.2, 0.25) is 0 Å². The Morgan fingerprint density at radius 3 is 2.64 bits per heavy atom. The van der Waals surface area contributed by atoms with Gasteiger partial charge < -0.3 is 25.6 Å². The molecule has 0 saturated carbocycles. The Kier molecular flexibility index (Phi) is 6.40. The van der Waals surface area contributed by atoms with E-state index in [0.717, 1.165) is 54.2 Å². The van der Waals surface area contributed by atoms with Gasteiger partial charge in [0.15, 0.2) is 17.0 Å². The lowest BCUT2D eigenvalue weighted by Crippen LogP contribution is -2.40. The smallest absolute Gasteiger partial charge is 0.229 e. The van der Waals surface area contributed by atoms with E-state index in [4.69, 9.17) is 15.7 Å². The Hall–Kier alpha value is -3.50. The highest BCUT2D eigenvalue weighted by atomic mass is 16.3. The molecule has 36 heavy (non-hydrogen) atoms. The van der Waals surface area contributed by atoms with Crippen LogP contribution in [0.1, 0.15) is 57.8 Å². The molecule has 10 nitrogen and oxygen atoms in total. The third kappa shape index (κ3) is 4.91. The van der Waals surface area contributed by atoms with Gasteiger partial charge in [0, 0.05) is 37.9 Å². The zero-order chi connectivity index (χ0) is 25.4. The van der Waals surface area contributed by atoms with Crippen LogP contribution in [0.3, 0.4) is 0 Å². The maximum atomic E-state index is 10.3. The second kappa shape index (κ2) is 9.51. The molecule has 10 heteroatoms. The Labute approximate surface area is 211 Å². The highest BCUT2D eigenvalue weighted by Gasteiger charge is 2.22. The van der Waals surface area contributed by atoms with Crippen molar-refractivity contribution in [2.24, 2.45) is 5.73 Å². The summed E-state index contributed by atoms with van der Waals surface area (Å²) in [4.78, 5) is 16.6. The molecule has 0 atom stereocenters. The highest BCUT2D eigenvalue weighted by molar-refractivity contribution is 5.84. The normalized spacial score (nSPS) is 15.2. The number of hydrogen-bond donors (Lipinski definition) is 3. The molecule has 3 aromatic heterocycles. The fraction of sp³-hybridized carbons (Fsp3) is 0.462. The number of rotatable bonds is 7. The minimum Gasteiger partial charge on any atom is -0.384 e. The van der Waals surface area contributed by atoms with Gasteiger partial charge in [-0.05, 0) is 64.3 Å². The van der Waals surface area contributed by atoms with Gasteiger partial charge in [-0.25, -0.2) is 9.67 Å². The quantitative estimate of drug-likeness (QED) is 0.361. The van der Waals surface area contributed by atoms with Crippen molar-refractivity contribution in [3.05, 3.63) is 54.1 Å². The van der Waals surface area contributed by atoms with E-state index in [1.54, 1.807) is 18.5 Å². The maximum absolute atomic E-state index is 10.3. The molecule has 1 aliphatic heterocycles. The van der Waals surface area contributed by atoms with Crippen LogP contribution in [0.25, 0.3) is 16.9 Å². The first-order valence-corrected chi connectivity index (χ1v) is 12.6. The summed E-state index contributed by atoms with van der Waals surface area (Å²) in [5.41, 5.74) is 9.35. The second-order valence-electron chi connectivity index (χ2n) is 10.3.